The van der Waals surface area contributed by atoms with Crippen molar-refractivity contribution in [3.05, 3.63) is 11.3 Å². The van der Waals surface area contributed by atoms with E-state index in [1.165, 1.54) is 6.07 Å². The maximum Gasteiger partial charge on any atom is 0.270 e. The first-order chi connectivity index (χ1) is 9.45. The first-order valence-corrected chi connectivity index (χ1v) is 9.20. The molecular formula is C10H9Cl2N3O3S2. The number of halogens is 2. The van der Waals surface area contributed by atoms with Gasteiger partial charge in [-0.25, -0.2) is 13.4 Å². The average Bonchev–Trinajstić information content (AvgIpc) is 2.82. The summed E-state index contributed by atoms with van der Waals surface area (Å²) in [5.74, 6) is 0.625. The molecule has 6 nitrogen and oxygen atoms in total. The molecule has 0 radical (unpaired) electrons. The number of rotatable bonds is 2. The summed E-state index contributed by atoms with van der Waals surface area (Å²) in [6, 6.07) is 1.42. The number of thiophene rings is 1. The fraction of sp³-hybridized carbons (Fsp3) is 0.400. The Bertz CT molecular complexity index is 756. The Labute approximate surface area is 128 Å². The molecule has 1 saturated heterocycles. The van der Waals surface area contributed by atoms with E-state index >= 15 is 0 Å². The van der Waals surface area contributed by atoms with Crippen LogP contribution in [0.2, 0.25) is 5.28 Å². The van der Waals surface area contributed by atoms with E-state index in [0.29, 0.717) is 42.3 Å². The molecule has 0 spiro atoms. The van der Waals surface area contributed by atoms with Crippen LogP contribution >= 0.6 is 33.6 Å². The van der Waals surface area contributed by atoms with Crippen molar-refractivity contribution in [2.45, 2.75) is 4.21 Å². The van der Waals surface area contributed by atoms with E-state index in [1.807, 2.05) is 4.90 Å². The molecule has 0 aliphatic carbocycles. The van der Waals surface area contributed by atoms with Crippen LogP contribution in [0.1, 0.15) is 0 Å². The standard InChI is InChI=1S/C10H9Cl2N3O3S2/c11-10-13-6-5-7(20(12,16)17)19-8(6)9(14-10)15-1-3-18-4-2-15/h5H,1-4H2. The smallest absolute Gasteiger partial charge is 0.270 e. The number of fused-ring (bicyclic) bond motifs is 1. The van der Waals surface area contributed by atoms with Gasteiger partial charge in [-0.1, -0.05) is 0 Å². The molecule has 20 heavy (non-hydrogen) atoms. The lowest BCUT2D eigenvalue weighted by Crippen LogP contribution is -2.36. The molecule has 0 amide bonds. The first-order valence-electron chi connectivity index (χ1n) is 5.69. The van der Waals surface area contributed by atoms with Crippen molar-refractivity contribution in [3.63, 3.8) is 0 Å². The minimum Gasteiger partial charge on any atom is -0.378 e. The van der Waals surface area contributed by atoms with E-state index in [0.717, 1.165) is 11.3 Å². The van der Waals surface area contributed by atoms with Crippen LogP contribution < -0.4 is 4.90 Å². The summed E-state index contributed by atoms with van der Waals surface area (Å²) >= 11 is 6.96. The number of aromatic nitrogens is 2. The van der Waals surface area contributed by atoms with Crippen molar-refractivity contribution in [2.75, 3.05) is 31.2 Å². The van der Waals surface area contributed by atoms with Crippen molar-refractivity contribution in [2.24, 2.45) is 0 Å². The number of hydrogen-bond acceptors (Lipinski definition) is 7. The molecule has 1 aliphatic heterocycles. The van der Waals surface area contributed by atoms with Crippen molar-refractivity contribution >= 4 is 58.7 Å². The number of morpholine rings is 1. The summed E-state index contributed by atoms with van der Waals surface area (Å²) < 4.78 is 28.9. The first kappa shape index (κ1) is 14.3. The fourth-order valence-electron chi connectivity index (χ4n) is 1.97. The fourth-order valence-corrected chi connectivity index (χ4v) is 4.31. The SMILES string of the molecule is O=S(=O)(Cl)c1cc2nc(Cl)nc(N3CCOCC3)c2s1. The molecule has 1 aliphatic rings. The van der Waals surface area contributed by atoms with E-state index in [9.17, 15) is 8.42 Å². The number of nitrogens with zero attached hydrogens (tertiary/aromatic N) is 3. The molecule has 2 aromatic rings. The Balaban J connectivity index is 2.17. The molecule has 3 rings (SSSR count). The zero-order chi connectivity index (χ0) is 14.3. The monoisotopic (exact) mass is 353 g/mol. The Morgan fingerprint density at radius 1 is 1.30 bits per heavy atom. The summed E-state index contributed by atoms with van der Waals surface area (Å²) in [4.78, 5) is 10.3. The topological polar surface area (TPSA) is 72.4 Å². The highest BCUT2D eigenvalue weighted by Crippen LogP contribution is 2.36. The Morgan fingerprint density at radius 2 is 2.00 bits per heavy atom. The van der Waals surface area contributed by atoms with Gasteiger partial charge in [-0.3, -0.25) is 0 Å². The normalized spacial score (nSPS) is 16.8. The molecule has 0 aromatic carbocycles. The van der Waals surface area contributed by atoms with Crippen LogP contribution in [0.3, 0.4) is 0 Å². The number of anilines is 1. The highest BCUT2D eigenvalue weighted by molar-refractivity contribution is 8.15. The van der Waals surface area contributed by atoms with Gasteiger partial charge in [0.15, 0.2) is 5.82 Å². The third kappa shape index (κ3) is 2.71. The molecule has 0 saturated carbocycles. The third-order valence-corrected chi connectivity index (χ3v) is 6.22. The number of hydrogen-bond donors (Lipinski definition) is 0. The number of ether oxygens (including phenoxy) is 1. The Kier molecular flexibility index (Phi) is 3.76. The van der Waals surface area contributed by atoms with Crippen molar-refractivity contribution < 1.29 is 13.2 Å². The van der Waals surface area contributed by atoms with Crippen LogP contribution in [0.5, 0.6) is 0 Å². The van der Waals surface area contributed by atoms with Gasteiger partial charge in [0.05, 0.1) is 23.4 Å². The molecular weight excluding hydrogens is 345 g/mol. The van der Waals surface area contributed by atoms with Gasteiger partial charge >= 0.3 is 0 Å². The van der Waals surface area contributed by atoms with Gasteiger partial charge in [-0.05, 0) is 17.7 Å². The second kappa shape index (κ2) is 5.27. The molecule has 108 valence electrons. The predicted octanol–water partition coefficient (Wildman–Crippen LogP) is 2.11. The zero-order valence-corrected chi connectivity index (χ0v) is 13.2. The van der Waals surface area contributed by atoms with E-state index in [-0.39, 0.29) is 9.49 Å². The Morgan fingerprint density at radius 3 is 2.65 bits per heavy atom. The van der Waals surface area contributed by atoms with Gasteiger partial charge in [-0.2, -0.15) is 4.98 Å². The minimum absolute atomic E-state index is 0.0419. The van der Waals surface area contributed by atoms with Gasteiger partial charge in [0, 0.05) is 23.8 Å². The molecule has 0 bridgehead atoms. The lowest BCUT2D eigenvalue weighted by Gasteiger charge is -2.28. The van der Waals surface area contributed by atoms with Gasteiger partial charge in [0.25, 0.3) is 9.05 Å². The van der Waals surface area contributed by atoms with E-state index in [4.69, 9.17) is 27.0 Å². The largest absolute Gasteiger partial charge is 0.378 e. The van der Waals surface area contributed by atoms with Crippen LogP contribution in [-0.2, 0) is 13.8 Å². The summed E-state index contributed by atoms with van der Waals surface area (Å²) in [5.41, 5.74) is 0.482. The summed E-state index contributed by atoms with van der Waals surface area (Å²) in [6.07, 6.45) is 0. The van der Waals surface area contributed by atoms with Gasteiger partial charge in [0.1, 0.15) is 4.21 Å². The van der Waals surface area contributed by atoms with Crippen LogP contribution in [-0.4, -0.2) is 44.7 Å². The minimum atomic E-state index is -3.79. The molecule has 1 fully saturated rings. The van der Waals surface area contributed by atoms with Crippen LogP contribution in [0.25, 0.3) is 10.2 Å². The lowest BCUT2D eigenvalue weighted by atomic mass is 10.3. The van der Waals surface area contributed by atoms with Crippen LogP contribution in [0, 0.1) is 0 Å². The highest BCUT2D eigenvalue weighted by Gasteiger charge is 2.22. The zero-order valence-electron chi connectivity index (χ0n) is 10.0. The summed E-state index contributed by atoms with van der Waals surface area (Å²) in [7, 11) is 1.59. The van der Waals surface area contributed by atoms with Crippen LogP contribution in [0.4, 0.5) is 5.82 Å². The molecule has 2 aromatic heterocycles. The second-order valence-corrected chi connectivity index (χ2v) is 8.32. The molecule has 3 heterocycles. The molecule has 0 atom stereocenters. The summed E-state index contributed by atoms with van der Waals surface area (Å²) in [5, 5.41) is 0.0790. The maximum absolute atomic E-state index is 11.4. The predicted molar refractivity (Wildman–Crippen MR) is 78.5 cm³/mol. The van der Waals surface area contributed by atoms with Gasteiger partial charge in [0.2, 0.25) is 5.28 Å². The third-order valence-electron chi connectivity index (χ3n) is 2.85. The van der Waals surface area contributed by atoms with Crippen LogP contribution in [0.15, 0.2) is 10.3 Å². The molecule has 10 heteroatoms. The highest BCUT2D eigenvalue weighted by atomic mass is 35.7. The van der Waals surface area contributed by atoms with Crippen molar-refractivity contribution in [3.8, 4) is 0 Å². The second-order valence-electron chi connectivity index (χ2n) is 4.13. The molecule has 0 unspecified atom stereocenters. The van der Waals surface area contributed by atoms with Crippen molar-refractivity contribution in [1.82, 2.24) is 9.97 Å². The van der Waals surface area contributed by atoms with E-state index in [1.54, 1.807) is 0 Å². The van der Waals surface area contributed by atoms with Gasteiger partial charge in [-0.15, -0.1) is 11.3 Å². The van der Waals surface area contributed by atoms with E-state index in [2.05, 4.69) is 9.97 Å². The van der Waals surface area contributed by atoms with Crippen molar-refractivity contribution in [1.29, 1.82) is 0 Å². The van der Waals surface area contributed by atoms with Gasteiger partial charge < -0.3 is 9.64 Å². The Hall–Kier alpha value is -0.670. The quantitative estimate of drug-likeness (QED) is 0.608. The maximum atomic E-state index is 11.4. The van der Waals surface area contributed by atoms with E-state index < -0.39 is 9.05 Å². The summed E-state index contributed by atoms with van der Waals surface area (Å²) in [6.45, 7) is 2.52. The molecule has 0 N–H and O–H groups in total. The average molecular weight is 354 g/mol. The lowest BCUT2D eigenvalue weighted by molar-refractivity contribution is 0.122.